The van der Waals surface area contributed by atoms with Crippen LogP contribution in [0.3, 0.4) is 0 Å². The highest BCUT2D eigenvalue weighted by Gasteiger charge is 2.45. The number of nitrogens with one attached hydrogen (secondary N) is 2. The average molecular weight is 818 g/mol. The number of rotatable bonds is 36. The zero-order chi connectivity index (χ0) is 42.1. The minimum atomic E-state index is -1.67. The van der Waals surface area contributed by atoms with E-state index in [1.165, 1.54) is 141 Å². The van der Waals surface area contributed by atoms with Crippen LogP contribution in [-0.4, -0.2) is 125 Å². The van der Waals surface area contributed by atoms with Gasteiger partial charge in [0.15, 0.2) is 6.29 Å². The molecule has 1 fully saturated rings. The first-order valence-corrected chi connectivity index (χ1v) is 23.1. The largest absolute Gasteiger partial charge is 0.447 e. The monoisotopic (exact) mass is 818 g/mol. The Bertz CT molecular complexity index is 963. The lowest BCUT2D eigenvalue weighted by atomic mass is 9.98. The number of ether oxygens (including phenoxy) is 3. The number of unbranched alkanes of at least 4 members (excludes halogenated alkanes) is 24. The van der Waals surface area contributed by atoms with Gasteiger partial charge in [-0.25, -0.2) is 9.59 Å². The van der Waals surface area contributed by atoms with Crippen molar-refractivity contribution in [1.82, 2.24) is 15.5 Å². The lowest BCUT2D eigenvalue weighted by Gasteiger charge is -2.40. The van der Waals surface area contributed by atoms with Crippen LogP contribution in [-0.2, 0) is 14.2 Å². The van der Waals surface area contributed by atoms with Gasteiger partial charge < -0.3 is 55.3 Å². The molecule has 3 unspecified atom stereocenters. The van der Waals surface area contributed by atoms with Crippen LogP contribution < -0.4 is 10.6 Å². The van der Waals surface area contributed by atoms with Crippen LogP contribution in [0.5, 0.6) is 0 Å². The molecule has 1 heterocycles. The van der Waals surface area contributed by atoms with Gasteiger partial charge in [-0.05, 0) is 12.8 Å². The van der Waals surface area contributed by atoms with Crippen LogP contribution in [0.2, 0.25) is 0 Å². The summed E-state index contributed by atoms with van der Waals surface area (Å²) < 4.78 is 16.5. The van der Waals surface area contributed by atoms with Crippen LogP contribution in [0.25, 0.3) is 0 Å². The second-order valence-electron chi connectivity index (χ2n) is 16.7. The zero-order valence-corrected chi connectivity index (χ0v) is 36.6. The molecule has 1 aliphatic rings. The number of carbonyl (C=O) groups excluding carboxylic acids is 2. The summed E-state index contributed by atoms with van der Waals surface area (Å²) >= 11 is 0. The highest BCUT2D eigenvalue weighted by Crippen LogP contribution is 2.24. The first kappa shape index (κ1) is 53.3. The number of carbonyl (C=O) groups is 2. The Morgan fingerprint density at radius 3 is 1.53 bits per heavy atom. The van der Waals surface area contributed by atoms with Crippen molar-refractivity contribution in [1.29, 1.82) is 0 Å². The van der Waals surface area contributed by atoms with Gasteiger partial charge in [-0.2, -0.15) is 0 Å². The van der Waals surface area contributed by atoms with E-state index in [1.54, 1.807) is 0 Å². The molecule has 7 N–H and O–H groups in total. The first-order valence-electron chi connectivity index (χ1n) is 23.1. The predicted molar refractivity (Wildman–Crippen MR) is 226 cm³/mol. The molecule has 3 amide bonds. The summed E-state index contributed by atoms with van der Waals surface area (Å²) in [7, 11) is 2.98. The Morgan fingerprint density at radius 2 is 1.07 bits per heavy atom. The van der Waals surface area contributed by atoms with Gasteiger partial charge in [-0.3, -0.25) is 0 Å². The SMILES string of the molecule is CCCCCCCCCCCCCCCCNC(=O)NC(CO[C@H]1O[C@H](COC(=O)N(C)C)[C@H](O)[C@H](O)[C@H]1O)C(O)C(O)CCCCCCCCCCCCCC. The molecular formula is C44H87N3O10. The van der Waals surface area contributed by atoms with E-state index in [-0.39, 0.29) is 6.61 Å². The van der Waals surface area contributed by atoms with Gasteiger partial charge in [0, 0.05) is 20.6 Å². The second kappa shape index (κ2) is 35.1. The van der Waals surface area contributed by atoms with Crippen molar-refractivity contribution < 1.29 is 49.3 Å². The molecule has 0 aromatic heterocycles. The Kier molecular flexibility index (Phi) is 32.8. The third-order valence-corrected chi connectivity index (χ3v) is 11.1. The van der Waals surface area contributed by atoms with E-state index in [9.17, 15) is 35.1 Å². The van der Waals surface area contributed by atoms with Crippen molar-refractivity contribution in [3.63, 3.8) is 0 Å². The molecule has 0 aliphatic carbocycles. The second-order valence-corrected chi connectivity index (χ2v) is 16.7. The van der Waals surface area contributed by atoms with Crippen molar-refractivity contribution in [3.05, 3.63) is 0 Å². The molecule has 57 heavy (non-hydrogen) atoms. The molecule has 0 bridgehead atoms. The molecule has 13 heteroatoms. The molecule has 1 aliphatic heterocycles. The predicted octanol–water partition coefficient (Wildman–Crippen LogP) is 7.47. The fraction of sp³-hybridized carbons (Fsp3) is 0.955. The van der Waals surface area contributed by atoms with E-state index in [4.69, 9.17) is 14.2 Å². The van der Waals surface area contributed by atoms with E-state index < -0.39 is 67.7 Å². The average Bonchev–Trinajstić information content (AvgIpc) is 3.20. The standard InChI is InChI=1S/C44H87N3O10/c1-5-7-9-11-13-15-17-19-20-22-24-26-28-30-32-45-43(53)46-35(38(49)36(48)31-29-27-25-23-21-18-16-14-12-10-8-6-2)33-55-42-41(52)40(51)39(50)37(57-42)34-56-44(54)47(3)4/h35-42,48-52H,5-34H2,1-4H3,(H2,45,46,53)/t35?,36?,37-,38?,39+,40+,41-,42+/m1/s1. The van der Waals surface area contributed by atoms with Crippen LogP contribution in [0.15, 0.2) is 0 Å². The summed E-state index contributed by atoms with van der Waals surface area (Å²) in [5.74, 6) is 0. The molecule has 8 atom stereocenters. The fourth-order valence-corrected chi connectivity index (χ4v) is 7.27. The maximum absolute atomic E-state index is 13.0. The van der Waals surface area contributed by atoms with Crippen molar-refractivity contribution >= 4 is 12.1 Å². The number of nitrogens with zero attached hydrogens (tertiary/aromatic N) is 1. The molecule has 338 valence electrons. The number of aliphatic hydroxyl groups is 5. The van der Waals surface area contributed by atoms with Crippen LogP contribution in [0.4, 0.5) is 9.59 Å². The maximum atomic E-state index is 13.0. The Hall–Kier alpha value is -1.74. The number of aliphatic hydroxyl groups excluding tert-OH is 5. The molecule has 1 rings (SSSR count). The highest BCUT2D eigenvalue weighted by atomic mass is 16.7. The summed E-state index contributed by atoms with van der Waals surface area (Å²) in [6.45, 7) is 4.15. The van der Waals surface area contributed by atoms with Crippen LogP contribution in [0, 0.1) is 0 Å². The minimum absolute atomic E-state index is 0.338. The van der Waals surface area contributed by atoms with Crippen molar-refractivity contribution in [2.45, 2.75) is 236 Å². The van der Waals surface area contributed by atoms with Crippen molar-refractivity contribution in [3.8, 4) is 0 Å². The zero-order valence-electron chi connectivity index (χ0n) is 36.6. The van der Waals surface area contributed by atoms with E-state index in [0.29, 0.717) is 13.0 Å². The molecular weight excluding hydrogens is 730 g/mol. The molecule has 13 nitrogen and oxygen atoms in total. The maximum Gasteiger partial charge on any atom is 0.409 e. The van der Waals surface area contributed by atoms with Crippen LogP contribution >= 0.6 is 0 Å². The number of urea groups is 1. The van der Waals surface area contributed by atoms with E-state index in [1.807, 2.05) is 0 Å². The third kappa shape index (κ3) is 26.2. The molecule has 0 radical (unpaired) electrons. The lowest BCUT2D eigenvalue weighted by molar-refractivity contribution is -0.303. The molecule has 0 aromatic carbocycles. The molecule has 1 saturated heterocycles. The van der Waals surface area contributed by atoms with Gasteiger partial charge in [-0.1, -0.05) is 174 Å². The Labute approximate surface area is 346 Å². The number of hydrogen-bond acceptors (Lipinski definition) is 10. The van der Waals surface area contributed by atoms with Gasteiger partial charge >= 0.3 is 12.1 Å². The quantitative estimate of drug-likeness (QED) is 0.0313. The minimum Gasteiger partial charge on any atom is -0.447 e. The third-order valence-electron chi connectivity index (χ3n) is 11.1. The van der Waals surface area contributed by atoms with Gasteiger partial charge in [0.2, 0.25) is 0 Å². The molecule has 0 spiro atoms. The molecule has 0 aromatic rings. The van der Waals surface area contributed by atoms with Crippen molar-refractivity contribution in [2.24, 2.45) is 0 Å². The molecule has 0 saturated carbocycles. The normalized spacial score (nSPS) is 21.2. The van der Waals surface area contributed by atoms with E-state index in [0.717, 1.165) is 44.9 Å². The number of hydrogen-bond donors (Lipinski definition) is 7. The summed E-state index contributed by atoms with van der Waals surface area (Å²) in [6.07, 6.45) is 21.0. The topological polar surface area (TPSA) is 190 Å². The fourth-order valence-electron chi connectivity index (χ4n) is 7.27. The summed E-state index contributed by atoms with van der Waals surface area (Å²) in [6, 6.07) is -1.61. The Balaban J connectivity index is 2.57. The van der Waals surface area contributed by atoms with E-state index >= 15 is 0 Å². The van der Waals surface area contributed by atoms with E-state index in [2.05, 4.69) is 24.5 Å². The Morgan fingerprint density at radius 1 is 0.632 bits per heavy atom. The van der Waals surface area contributed by atoms with Gasteiger partial charge in [0.1, 0.15) is 37.1 Å². The smallest absolute Gasteiger partial charge is 0.409 e. The van der Waals surface area contributed by atoms with Gasteiger partial charge in [0.05, 0.1) is 18.8 Å². The summed E-state index contributed by atoms with van der Waals surface area (Å²) in [4.78, 5) is 26.1. The highest BCUT2D eigenvalue weighted by molar-refractivity contribution is 5.74. The van der Waals surface area contributed by atoms with Crippen molar-refractivity contribution in [2.75, 3.05) is 33.9 Å². The number of amides is 3. The summed E-state index contributed by atoms with van der Waals surface area (Å²) in [5, 5.41) is 59.3. The van der Waals surface area contributed by atoms with Gasteiger partial charge in [0.25, 0.3) is 0 Å². The van der Waals surface area contributed by atoms with Gasteiger partial charge in [-0.15, -0.1) is 0 Å². The van der Waals surface area contributed by atoms with Crippen LogP contribution in [0.1, 0.15) is 187 Å². The summed E-state index contributed by atoms with van der Waals surface area (Å²) in [5.41, 5.74) is 0. The first-order chi connectivity index (χ1) is 27.5. The lowest BCUT2D eigenvalue weighted by Crippen LogP contribution is -2.60.